The lowest BCUT2D eigenvalue weighted by Gasteiger charge is -2.36. The number of para-hydroxylation sites is 1. The Kier molecular flexibility index (Phi) is 6.76. The summed E-state index contributed by atoms with van der Waals surface area (Å²) in [5.74, 6) is -1.53. The molecule has 1 N–H and O–H groups in total. The van der Waals surface area contributed by atoms with Gasteiger partial charge in [0.15, 0.2) is 0 Å². The summed E-state index contributed by atoms with van der Waals surface area (Å²) in [5.41, 5.74) is 0.805. The molecule has 1 aromatic rings. The zero-order valence-corrected chi connectivity index (χ0v) is 21.8. The summed E-state index contributed by atoms with van der Waals surface area (Å²) in [6.07, 6.45) is 10.4. The first-order valence-corrected chi connectivity index (χ1v) is 13.8. The van der Waals surface area contributed by atoms with Crippen molar-refractivity contribution in [1.29, 1.82) is 0 Å². The number of anilines is 1. The van der Waals surface area contributed by atoms with Crippen LogP contribution in [0, 0.1) is 11.8 Å². The van der Waals surface area contributed by atoms with Crippen LogP contribution in [0.3, 0.4) is 0 Å². The highest BCUT2D eigenvalue weighted by Gasteiger charge is 2.73. The molecule has 1 spiro atoms. The van der Waals surface area contributed by atoms with E-state index in [0.717, 1.165) is 18.5 Å². The van der Waals surface area contributed by atoms with Gasteiger partial charge in [-0.25, -0.2) is 0 Å². The van der Waals surface area contributed by atoms with E-state index >= 15 is 0 Å². The summed E-state index contributed by atoms with van der Waals surface area (Å²) in [4.78, 5) is 47.7. The monoisotopic (exact) mass is 509 g/mol. The van der Waals surface area contributed by atoms with Crippen LogP contribution in [0.15, 0.2) is 54.6 Å². The fourth-order valence-corrected chi connectivity index (χ4v) is 8.60. The third kappa shape index (κ3) is 3.80. The van der Waals surface area contributed by atoms with E-state index in [4.69, 9.17) is 0 Å². The minimum Gasteiger partial charge on any atom is -0.396 e. The van der Waals surface area contributed by atoms with E-state index < -0.39 is 27.4 Å². The lowest BCUT2D eigenvalue weighted by Crippen LogP contribution is -2.53. The normalized spacial score (nSPS) is 33.5. The van der Waals surface area contributed by atoms with E-state index in [0.29, 0.717) is 32.6 Å². The summed E-state index contributed by atoms with van der Waals surface area (Å²) in [6, 6.07) is 8.89. The molecule has 0 aromatic heterocycles. The van der Waals surface area contributed by atoms with Crippen LogP contribution >= 0.6 is 11.8 Å². The molecule has 5 rings (SSSR count). The summed E-state index contributed by atoms with van der Waals surface area (Å²) in [5, 5.41) is 9.55. The smallest absolute Gasteiger partial charge is 0.247 e. The van der Waals surface area contributed by atoms with Crippen LogP contribution < -0.4 is 4.90 Å². The number of thioether (sulfide) groups is 1. The van der Waals surface area contributed by atoms with Crippen molar-refractivity contribution in [2.24, 2.45) is 11.8 Å². The molecule has 7 nitrogen and oxygen atoms in total. The van der Waals surface area contributed by atoms with Crippen LogP contribution in [-0.2, 0) is 14.4 Å². The Balaban J connectivity index is 1.60. The van der Waals surface area contributed by atoms with Crippen LogP contribution in [0.1, 0.15) is 33.1 Å². The molecule has 1 unspecified atom stereocenters. The van der Waals surface area contributed by atoms with Crippen LogP contribution in [0.2, 0.25) is 0 Å². The maximum absolute atomic E-state index is 14.2. The number of rotatable bonds is 7. The van der Waals surface area contributed by atoms with Gasteiger partial charge < -0.3 is 19.8 Å². The standard InChI is InChI=1S/C28H35N3O4S/c1-3-4-15-29-16-9-14-28-22(25(34)31(18-10-19-32)23(28)26(29)35)21-24(33)30(20-11-6-5-7-12-20)17-8-13-27(21,2)36-28/h5-9,11-14,21-23,32H,3-4,10,15-19H2,1-2H3/t21-,22-,23?,27+,28-/m0/s1. The van der Waals surface area contributed by atoms with Gasteiger partial charge in [-0.05, 0) is 31.9 Å². The van der Waals surface area contributed by atoms with E-state index in [1.165, 1.54) is 0 Å². The Hall–Kier alpha value is -2.58. The van der Waals surface area contributed by atoms with Gasteiger partial charge in [0.25, 0.3) is 0 Å². The number of amides is 3. The Morgan fingerprint density at radius 2 is 1.69 bits per heavy atom. The average Bonchev–Trinajstić information content (AvgIpc) is 3.14. The molecule has 0 aliphatic carbocycles. The molecule has 5 atom stereocenters. The van der Waals surface area contributed by atoms with E-state index in [1.807, 2.05) is 54.3 Å². The predicted octanol–water partition coefficient (Wildman–Crippen LogP) is 2.86. The zero-order valence-electron chi connectivity index (χ0n) is 21.0. The predicted molar refractivity (Wildman–Crippen MR) is 141 cm³/mol. The highest BCUT2D eigenvalue weighted by Crippen LogP contribution is 2.65. The Morgan fingerprint density at radius 1 is 0.944 bits per heavy atom. The van der Waals surface area contributed by atoms with Crippen molar-refractivity contribution in [3.05, 3.63) is 54.6 Å². The number of benzene rings is 1. The number of carbonyl (C=O) groups is 3. The second kappa shape index (κ2) is 9.71. The molecule has 8 heteroatoms. The van der Waals surface area contributed by atoms with E-state index in [-0.39, 0.29) is 24.3 Å². The number of aliphatic hydroxyl groups is 1. The molecule has 4 heterocycles. The van der Waals surface area contributed by atoms with Crippen molar-refractivity contribution < 1.29 is 19.5 Å². The number of likely N-dealkylation sites (tertiary alicyclic amines) is 1. The van der Waals surface area contributed by atoms with E-state index in [2.05, 4.69) is 19.1 Å². The molecule has 3 amide bonds. The summed E-state index contributed by atoms with van der Waals surface area (Å²) < 4.78 is -1.45. The van der Waals surface area contributed by atoms with Crippen molar-refractivity contribution in [1.82, 2.24) is 9.80 Å². The third-order valence-corrected chi connectivity index (χ3v) is 9.84. The maximum Gasteiger partial charge on any atom is 0.247 e. The first kappa shape index (κ1) is 25.1. The van der Waals surface area contributed by atoms with Crippen LogP contribution in [0.4, 0.5) is 5.69 Å². The second-order valence-corrected chi connectivity index (χ2v) is 12.1. The highest BCUT2D eigenvalue weighted by atomic mass is 32.2. The highest BCUT2D eigenvalue weighted by molar-refractivity contribution is 8.02. The topological polar surface area (TPSA) is 81.2 Å². The summed E-state index contributed by atoms with van der Waals surface area (Å²) in [7, 11) is 0. The first-order chi connectivity index (χ1) is 17.4. The molecule has 1 aromatic carbocycles. The van der Waals surface area contributed by atoms with Crippen LogP contribution in [0.5, 0.6) is 0 Å². The molecular weight excluding hydrogens is 474 g/mol. The molecule has 4 aliphatic heterocycles. The molecule has 4 aliphatic rings. The third-order valence-electron chi connectivity index (χ3n) is 8.05. The first-order valence-electron chi connectivity index (χ1n) is 13.0. The van der Waals surface area contributed by atoms with Gasteiger partial charge in [0.1, 0.15) is 6.04 Å². The number of hydrogen-bond donors (Lipinski definition) is 1. The number of unbranched alkanes of at least 4 members (excludes halogenated alkanes) is 1. The lowest BCUT2D eigenvalue weighted by atomic mass is 9.74. The van der Waals surface area contributed by atoms with Gasteiger partial charge in [-0.1, -0.05) is 55.8 Å². The number of fused-ring (bicyclic) bond motifs is 2. The van der Waals surface area contributed by atoms with Gasteiger partial charge in [0.2, 0.25) is 17.7 Å². The maximum atomic E-state index is 14.2. The second-order valence-electron chi connectivity index (χ2n) is 10.3. The fraction of sp³-hybridized carbons (Fsp3) is 0.536. The Labute approximate surface area is 217 Å². The van der Waals surface area contributed by atoms with Crippen molar-refractivity contribution in [3.63, 3.8) is 0 Å². The molecule has 2 saturated heterocycles. The molecule has 192 valence electrons. The SMILES string of the molecule is CCCCN1CC=C[C@]23S[C@]4(C)C=CCN(c5ccccc5)C(=O)[C@@H]4[C@H]2C(=O)N(CCCO)C3C1=O. The largest absolute Gasteiger partial charge is 0.396 e. The molecular formula is C28H35N3O4S. The quantitative estimate of drug-likeness (QED) is 0.572. The van der Waals surface area contributed by atoms with Crippen molar-refractivity contribution in [3.8, 4) is 0 Å². The van der Waals surface area contributed by atoms with Gasteiger partial charge in [-0.2, -0.15) is 0 Å². The molecule has 2 fully saturated rings. The fourth-order valence-electron chi connectivity index (χ4n) is 6.44. The number of carbonyl (C=O) groups excluding carboxylic acids is 3. The lowest BCUT2D eigenvalue weighted by molar-refractivity contribution is -0.143. The van der Waals surface area contributed by atoms with E-state index in [9.17, 15) is 19.5 Å². The molecule has 0 bridgehead atoms. The minimum atomic E-state index is -0.830. The van der Waals surface area contributed by atoms with Crippen LogP contribution in [0.25, 0.3) is 0 Å². The number of nitrogens with zero attached hydrogens (tertiary/aromatic N) is 3. The minimum absolute atomic E-state index is 0.0499. The molecule has 0 radical (unpaired) electrons. The van der Waals surface area contributed by atoms with E-state index in [1.54, 1.807) is 21.6 Å². The molecule has 0 saturated carbocycles. The van der Waals surface area contributed by atoms with Gasteiger partial charge in [-0.3, -0.25) is 14.4 Å². The van der Waals surface area contributed by atoms with Crippen molar-refractivity contribution in [2.45, 2.75) is 48.6 Å². The Morgan fingerprint density at radius 3 is 2.42 bits per heavy atom. The Bertz CT molecular complexity index is 1090. The average molecular weight is 510 g/mol. The van der Waals surface area contributed by atoms with Gasteiger partial charge in [-0.15, -0.1) is 11.8 Å². The zero-order chi connectivity index (χ0) is 25.5. The summed E-state index contributed by atoms with van der Waals surface area (Å²) in [6.45, 7) is 5.98. The van der Waals surface area contributed by atoms with Gasteiger partial charge >= 0.3 is 0 Å². The van der Waals surface area contributed by atoms with Crippen molar-refractivity contribution in [2.75, 3.05) is 37.7 Å². The van der Waals surface area contributed by atoms with Gasteiger partial charge in [0.05, 0.1) is 16.6 Å². The van der Waals surface area contributed by atoms with Crippen LogP contribution in [-0.4, -0.2) is 80.9 Å². The number of hydrogen-bond acceptors (Lipinski definition) is 5. The van der Waals surface area contributed by atoms with Gasteiger partial charge in [0, 0.05) is 43.2 Å². The molecule has 36 heavy (non-hydrogen) atoms. The number of aliphatic hydroxyl groups excluding tert-OH is 1. The van der Waals surface area contributed by atoms with Crippen molar-refractivity contribution >= 4 is 35.2 Å². The summed E-state index contributed by atoms with van der Waals surface area (Å²) >= 11 is 1.60.